The van der Waals surface area contributed by atoms with Gasteiger partial charge in [-0.2, -0.15) is 0 Å². The normalized spacial score (nSPS) is 15.1. The fraction of sp³-hybridized carbons (Fsp3) is 0.136. The van der Waals surface area contributed by atoms with Crippen molar-refractivity contribution in [1.82, 2.24) is 14.5 Å². The Kier molecular flexibility index (Phi) is 5.13. The molecule has 6 aromatic carbocycles. The monoisotopic (exact) mass is 603 g/mol. The number of benzene rings is 6. The highest BCUT2D eigenvalue weighted by molar-refractivity contribution is 6.10. The van der Waals surface area contributed by atoms with E-state index in [-0.39, 0.29) is 10.8 Å². The second-order valence-electron chi connectivity index (χ2n) is 14.2. The lowest BCUT2D eigenvalue weighted by atomic mass is 9.81. The highest BCUT2D eigenvalue weighted by Gasteiger charge is 2.41. The molecule has 0 unspecified atom stereocenters. The second-order valence-corrected chi connectivity index (χ2v) is 14.2. The van der Waals surface area contributed by atoms with Crippen LogP contribution in [0, 0.1) is 0 Å². The standard InChI is InChI=1S/C44H33N3/c1-43(2)34-18-10-7-15-29(34)30-23-22-27(25-36(30)43)39-33-24-21-26-13-5-6-14-28(26)40(33)46-42(45-39)47-37-20-12-9-17-32(37)38-41(47)31-16-8-11-19-35(31)44(38,3)4/h5-25H,1-4H3. The van der Waals surface area contributed by atoms with Crippen molar-refractivity contribution in [3.63, 3.8) is 0 Å². The summed E-state index contributed by atoms with van der Waals surface area (Å²) in [5, 5.41) is 4.63. The van der Waals surface area contributed by atoms with Crippen LogP contribution in [0.25, 0.3) is 72.2 Å². The van der Waals surface area contributed by atoms with E-state index in [0.29, 0.717) is 5.95 Å². The van der Waals surface area contributed by atoms with Crippen molar-refractivity contribution < 1.29 is 0 Å². The zero-order valence-electron chi connectivity index (χ0n) is 27.0. The van der Waals surface area contributed by atoms with Gasteiger partial charge in [0.05, 0.1) is 22.4 Å². The molecule has 2 aromatic heterocycles. The molecule has 0 amide bonds. The van der Waals surface area contributed by atoms with Gasteiger partial charge in [0.1, 0.15) is 0 Å². The van der Waals surface area contributed by atoms with E-state index in [2.05, 4.69) is 160 Å². The molecule has 0 bridgehead atoms. The number of para-hydroxylation sites is 1. The van der Waals surface area contributed by atoms with Crippen LogP contribution in [-0.4, -0.2) is 14.5 Å². The third kappa shape index (κ3) is 3.41. The van der Waals surface area contributed by atoms with E-state index >= 15 is 0 Å². The van der Waals surface area contributed by atoms with E-state index in [1.165, 1.54) is 55.4 Å². The van der Waals surface area contributed by atoms with Crippen molar-refractivity contribution in [3.8, 4) is 39.6 Å². The van der Waals surface area contributed by atoms with Gasteiger partial charge in [-0.05, 0) is 57.0 Å². The minimum absolute atomic E-state index is 0.104. The Morgan fingerprint density at radius 2 is 1.17 bits per heavy atom. The van der Waals surface area contributed by atoms with Crippen LogP contribution in [0.15, 0.2) is 127 Å². The second kappa shape index (κ2) is 9.04. The van der Waals surface area contributed by atoms with Crippen LogP contribution in [-0.2, 0) is 10.8 Å². The lowest BCUT2D eigenvalue weighted by Gasteiger charge is -2.22. The first-order valence-electron chi connectivity index (χ1n) is 16.5. The maximum absolute atomic E-state index is 5.54. The van der Waals surface area contributed by atoms with Crippen molar-refractivity contribution >= 4 is 32.6 Å². The summed E-state index contributed by atoms with van der Waals surface area (Å²) in [5.74, 6) is 0.705. The summed E-state index contributed by atoms with van der Waals surface area (Å²) >= 11 is 0. The lowest BCUT2D eigenvalue weighted by molar-refractivity contribution is 0.660. The fourth-order valence-electron chi connectivity index (χ4n) is 8.73. The fourth-order valence-corrected chi connectivity index (χ4v) is 8.73. The Labute approximate surface area is 274 Å². The van der Waals surface area contributed by atoms with E-state index in [1.54, 1.807) is 0 Å². The molecular formula is C44H33N3. The first-order valence-corrected chi connectivity index (χ1v) is 16.5. The summed E-state index contributed by atoms with van der Waals surface area (Å²) in [6.07, 6.45) is 0. The summed E-state index contributed by atoms with van der Waals surface area (Å²) in [6, 6.07) is 46.4. The van der Waals surface area contributed by atoms with Gasteiger partial charge >= 0.3 is 0 Å². The first kappa shape index (κ1) is 26.7. The van der Waals surface area contributed by atoms with Gasteiger partial charge in [0, 0.05) is 38.1 Å². The Balaban J connectivity index is 1.32. The number of rotatable bonds is 2. The quantitative estimate of drug-likeness (QED) is 0.184. The Bertz CT molecular complexity index is 2640. The predicted molar refractivity (Wildman–Crippen MR) is 194 cm³/mol. The van der Waals surface area contributed by atoms with Gasteiger partial charge < -0.3 is 0 Å². The molecule has 2 aliphatic rings. The van der Waals surface area contributed by atoms with Gasteiger partial charge in [-0.3, -0.25) is 4.57 Å². The molecule has 0 aliphatic heterocycles. The van der Waals surface area contributed by atoms with Gasteiger partial charge in [0.25, 0.3) is 0 Å². The molecular weight excluding hydrogens is 571 g/mol. The van der Waals surface area contributed by atoms with E-state index in [9.17, 15) is 0 Å². The molecule has 0 saturated carbocycles. The molecule has 0 fully saturated rings. The summed E-state index contributed by atoms with van der Waals surface area (Å²) < 4.78 is 2.33. The lowest BCUT2D eigenvalue weighted by Crippen LogP contribution is -2.15. The van der Waals surface area contributed by atoms with Crippen molar-refractivity contribution in [3.05, 3.63) is 150 Å². The third-order valence-corrected chi connectivity index (χ3v) is 11.0. The molecule has 2 heterocycles. The summed E-state index contributed by atoms with van der Waals surface area (Å²) in [5.41, 5.74) is 14.4. The van der Waals surface area contributed by atoms with Crippen molar-refractivity contribution in [2.45, 2.75) is 38.5 Å². The molecule has 0 radical (unpaired) electrons. The van der Waals surface area contributed by atoms with Crippen LogP contribution < -0.4 is 0 Å². The molecule has 47 heavy (non-hydrogen) atoms. The van der Waals surface area contributed by atoms with Gasteiger partial charge in [-0.25, -0.2) is 9.97 Å². The SMILES string of the molecule is CC1(C)c2ccccc2-c2ccc(-c3nc(-n4c5c(c6ccccc64)C(C)(C)c4ccccc4-5)nc4c3ccc3ccccc34)cc21. The topological polar surface area (TPSA) is 30.7 Å². The van der Waals surface area contributed by atoms with Crippen molar-refractivity contribution in [2.75, 3.05) is 0 Å². The first-order chi connectivity index (χ1) is 22.8. The number of fused-ring (bicyclic) bond motifs is 11. The Hall–Kier alpha value is -5.54. The minimum atomic E-state index is -0.149. The molecule has 0 saturated heterocycles. The average molecular weight is 604 g/mol. The van der Waals surface area contributed by atoms with Crippen LogP contribution in [0.3, 0.4) is 0 Å². The number of nitrogens with zero attached hydrogens (tertiary/aromatic N) is 3. The molecule has 0 N–H and O–H groups in total. The van der Waals surface area contributed by atoms with Crippen LogP contribution in [0.5, 0.6) is 0 Å². The van der Waals surface area contributed by atoms with Crippen LogP contribution in [0.4, 0.5) is 0 Å². The smallest absolute Gasteiger partial charge is 0.235 e. The van der Waals surface area contributed by atoms with E-state index in [0.717, 1.165) is 33.1 Å². The van der Waals surface area contributed by atoms with E-state index in [4.69, 9.17) is 9.97 Å². The zero-order valence-corrected chi connectivity index (χ0v) is 27.0. The summed E-state index contributed by atoms with van der Waals surface area (Å²) in [7, 11) is 0. The maximum Gasteiger partial charge on any atom is 0.235 e. The molecule has 0 spiro atoms. The minimum Gasteiger partial charge on any atom is -0.278 e. The molecule has 224 valence electrons. The molecule has 2 aliphatic carbocycles. The van der Waals surface area contributed by atoms with Crippen molar-refractivity contribution in [2.24, 2.45) is 0 Å². The van der Waals surface area contributed by atoms with Gasteiger partial charge in [-0.15, -0.1) is 0 Å². The van der Waals surface area contributed by atoms with Crippen molar-refractivity contribution in [1.29, 1.82) is 0 Å². The number of aromatic nitrogens is 3. The number of hydrogen-bond acceptors (Lipinski definition) is 2. The highest BCUT2D eigenvalue weighted by atomic mass is 15.2. The molecule has 3 nitrogen and oxygen atoms in total. The summed E-state index contributed by atoms with van der Waals surface area (Å²) in [4.78, 5) is 11.0. The van der Waals surface area contributed by atoms with E-state index in [1.807, 2.05) is 0 Å². The van der Waals surface area contributed by atoms with E-state index < -0.39 is 0 Å². The maximum atomic E-state index is 5.54. The zero-order chi connectivity index (χ0) is 31.7. The van der Waals surface area contributed by atoms with Gasteiger partial charge in [0.15, 0.2) is 0 Å². The summed E-state index contributed by atoms with van der Waals surface area (Å²) in [6.45, 7) is 9.37. The predicted octanol–water partition coefficient (Wildman–Crippen LogP) is 11.0. The van der Waals surface area contributed by atoms with Crippen LogP contribution in [0.1, 0.15) is 49.9 Å². The Morgan fingerprint density at radius 3 is 2.00 bits per heavy atom. The molecule has 3 heteroatoms. The van der Waals surface area contributed by atoms with Gasteiger partial charge in [-0.1, -0.05) is 137 Å². The van der Waals surface area contributed by atoms with Crippen LogP contribution in [0.2, 0.25) is 0 Å². The van der Waals surface area contributed by atoms with Crippen LogP contribution >= 0.6 is 0 Å². The molecule has 8 aromatic rings. The molecule has 0 atom stereocenters. The molecule has 10 rings (SSSR count). The van der Waals surface area contributed by atoms with Gasteiger partial charge in [0.2, 0.25) is 5.95 Å². The average Bonchev–Trinajstić information content (AvgIpc) is 3.66. The highest BCUT2D eigenvalue weighted by Crippen LogP contribution is 2.54. The Morgan fingerprint density at radius 1 is 0.511 bits per heavy atom. The third-order valence-electron chi connectivity index (χ3n) is 11.0. The number of hydrogen-bond donors (Lipinski definition) is 0. The largest absolute Gasteiger partial charge is 0.278 e.